The number of halogens is 1. The lowest BCUT2D eigenvalue weighted by molar-refractivity contribution is 0.244. The van der Waals surface area contributed by atoms with Gasteiger partial charge in [0.1, 0.15) is 5.76 Å². The van der Waals surface area contributed by atoms with Crippen LogP contribution in [0, 0.1) is 5.92 Å². The van der Waals surface area contributed by atoms with Crippen molar-refractivity contribution in [2.45, 2.75) is 12.8 Å². The number of hydrogen-bond donors (Lipinski definition) is 2. The van der Waals surface area contributed by atoms with Crippen LogP contribution in [0.4, 0.5) is 5.95 Å². The molecular formula is C22H23ClN4O5S. The van der Waals surface area contributed by atoms with Crippen LogP contribution >= 0.6 is 11.6 Å². The van der Waals surface area contributed by atoms with E-state index >= 15 is 0 Å². The van der Waals surface area contributed by atoms with Gasteiger partial charge in [-0.1, -0.05) is 29.8 Å². The quantitative estimate of drug-likeness (QED) is 0.470. The van der Waals surface area contributed by atoms with Crippen LogP contribution in [0.5, 0.6) is 0 Å². The van der Waals surface area contributed by atoms with E-state index in [2.05, 4.69) is 14.9 Å². The fraction of sp³-hybridized carbons (Fsp3) is 0.273. The Morgan fingerprint density at radius 3 is 2.73 bits per heavy atom. The van der Waals surface area contributed by atoms with E-state index in [9.17, 15) is 13.5 Å². The Hall–Kier alpha value is -3.08. The van der Waals surface area contributed by atoms with Crippen molar-refractivity contribution in [2.24, 2.45) is 5.92 Å². The first-order valence-electron chi connectivity index (χ1n) is 10.2. The molecule has 11 heteroatoms. The maximum absolute atomic E-state index is 12.9. The summed E-state index contributed by atoms with van der Waals surface area (Å²) in [5.41, 5.74) is 1.37. The normalized spacial score (nSPS) is 16.3. The second-order valence-corrected chi connectivity index (χ2v) is 9.71. The van der Waals surface area contributed by atoms with Gasteiger partial charge in [-0.05, 0) is 48.7 Å². The second kappa shape index (κ2) is 9.82. The lowest BCUT2D eigenvalue weighted by Crippen LogP contribution is -2.24. The van der Waals surface area contributed by atoms with Crippen LogP contribution in [0.1, 0.15) is 12.0 Å². The van der Waals surface area contributed by atoms with Crippen molar-refractivity contribution in [2.75, 3.05) is 24.2 Å². The smallest absolute Gasteiger partial charge is 0.243 e. The van der Waals surface area contributed by atoms with Gasteiger partial charge in [-0.2, -0.15) is 0 Å². The molecule has 4 rings (SSSR count). The summed E-state index contributed by atoms with van der Waals surface area (Å²) in [5.74, 6) is 0.603. The third-order valence-corrected chi connectivity index (χ3v) is 6.72. The molecule has 1 aliphatic carbocycles. The zero-order chi connectivity index (χ0) is 23.4. The van der Waals surface area contributed by atoms with Gasteiger partial charge in [-0.25, -0.2) is 8.42 Å². The van der Waals surface area contributed by atoms with Crippen LogP contribution in [-0.2, 0) is 21.2 Å². The van der Waals surface area contributed by atoms with E-state index < -0.39 is 10.0 Å². The van der Waals surface area contributed by atoms with Crippen LogP contribution in [0.2, 0.25) is 5.02 Å². The number of benzene rings is 1. The average Bonchev–Trinajstić information content (AvgIpc) is 3.48. The van der Waals surface area contributed by atoms with Crippen LogP contribution in [-0.4, -0.2) is 47.8 Å². The van der Waals surface area contributed by atoms with Gasteiger partial charge in [0.2, 0.25) is 21.8 Å². The predicted octanol–water partition coefficient (Wildman–Crippen LogP) is 3.56. The number of rotatable bonds is 9. The number of furan rings is 1. The van der Waals surface area contributed by atoms with Crippen molar-refractivity contribution in [1.82, 2.24) is 14.8 Å². The maximum Gasteiger partial charge on any atom is 0.243 e. The summed E-state index contributed by atoms with van der Waals surface area (Å²) in [6.45, 7) is -0.176. The number of aryl methyl sites for hydroxylation is 1. The van der Waals surface area contributed by atoms with Crippen LogP contribution in [0.25, 0.3) is 17.3 Å². The topological polar surface area (TPSA) is 119 Å². The van der Waals surface area contributed by atoms with Crippen molar-refractivity contribution in [3.8, 4) is 11.6 Å². The summed E-state index contributed by atoms with van der Waals surface area (Å²) < 4.78 is 40.9. The number of aliphatic hydroxyl groups excluding tert-OH is 1. The lowest BCUT2D eigenvalue weighted by Gasteiger charge is -2.25. The van der Waals surface area contributed by atoms with Crippen LogP contribution in [0.15, 0.2) is 65.0 Å². The Kier molecular flexibility index (Phi) is 6.87. The molecule has 2 aromatic heterocycles. The van der Waals surface area contributed by atoms with Gasteiger partial charge in [0.05, 0.1) is 31.4 Å². The molecule has 0 amide bonds. The first-order valence-corrected chi connectivity index (χ1v) is 12.2. The molecule has 1 atom stereocenters. The third kappa shape index (κ3) is 5.13. The Morgan fingerprint density at radius 2 is 2.06 bits per heavy atom. The molecule has 0 unspecified atom stereocenters. The molecule has 1 aromatic carbocycles. The lowest BCUT2D eigenvalue weighted by atomic mass is 9.96. The Morgan fingerprint density at radius 1 is 1.27 bits per heavy atom. The number of allylic oxidation sites excluding steroid dienone is 2. The molecular weight excluding hydrogens is 468 g/mol. The minimum Gasteiger partial charge on any atom is -0.495 e. The van der Waals surface area contributed by atoms with E-state index in [1.54, 1.807) is 42.5 Å². The fourth-order valence-corrected chi connectivity index (χ4v) is 4.74. The molecule has 174 valence electrons. The first-order chi connectivity index (χ1) is 15.9. The molecule has 2 heterocycles. The minimum absolute atomic E-state index is 0.0178. The van der Waals surface area contributed by atoms with Gasteiger partial charge < -0.3 is 14.3 Å². The van der Waals surface area contributed by atoms with Gasteiger partial charge in [0.25, 0.3) is 0 Å². The molecule has 2 N–H and O–H groups in total. The number of anilines is 1. The largest absolute Gasteiger partial charge is 0.495 e. The van der Waals surface area contributed by atoms with Crippen molar-refractivity contribution >= 4 is 33.3 Å². The molecule has 0 radical (unpaired) electrons. The maximum atomic E-state index is 12.9. The highest BCUT2D eigenvalue weighted by molar-refractivity contribution is 7.92. The molecule has 0 fully saturated rings. The van der Waals surface area contributed by atoms with Gasteiger partial charge in [-0.3, -0.25) is 9.29 Å². The molecule has 0 aliphatic heterocycles. The molecule has 33 heavy (non-hydrogen) atoms. The SMILES string of the molecule is COC1=C(n2c(NS(=O)(=O)CCc3ccc(Cl)cc3)nnc2-c2ccco2)[C@@H](CO)CC=C1. The molecule has 0 saturated carbocycles. The zero-order valence-corrected chi connectivity index (χ0v) is 19.4. The number of hydrogen-bond acceptors (Lipinski definition) is 7. The third-order valence-electron chi connectivity index (χ3n) is 5.23. The number of sulfonamides is 1. The standard InChI is InChI=1S/C22H23ClN4O5S/c1-31-18-5-2-4-16(14-28)20(18)27-21(19-6-3-12-32-19)24-25-22(27)26-33(29,30)13-11-15-7-9-17(23)10-8-15/h2-3,5-10,12,16,28H,4,11,13-14H2,1H3,(H,25,26)/t16-/m1/s1. The van der Waals surface area contributed by atoms with Crippen molar-refractivity contribution in [3.05, 3.63) is 71.2 Å². The molecule has 0 spiro atoms. The summed E-state index contributed by atoms with van der Waals surface area (Å²) in [5, 5.41) is 18.8. The van der Waals surface area contributed by atoms with Crippen LogP contribution < -0.4 is 4.72 Å². The average molecular weight is 491 g/mol. The summed E-state index contributed by atoms with van der Waals surface area (Å²) in [6.07, 6.45) is 5.97. The summed E-state index contributed by atoms with van der Waals surface area (Å²) in [7, 11) is -2.28. The number of ether oxygens (including phenoxy) is 1. The fourth-order valence-electron chi connectivity index (χ4n) is 3.60. The highest BCUT2D eigenvalue weighted by atomic mass is 35.5. The molecule has 3 aromatic rings. The molecule has 9 nitrogen and oxygen atoms in total. The van der Waals surface area contributed by atoms with Gasteiger partial charge in [0, 0.05) is 10.9 Å². The predicted molar refractivity (Wildman–Crippen MR) is 125 cm³/mol. The molecule has 0 bridgehead atoms. The van der Waals surface area contributed by atoms with E-state index in [4.69, 9.17) is 20.8 Å². The Balaban J connectivity index is 1.71. The Bertz CT molecular complexity index is 1260. The van der Waals surface area contributed by atoms with E-state index in [1.807, 2.05) is 6.08 Å². The van der Waals surface area contributed by atoms with Crippen molar-refractivity contribution in [3.63, 3.8) is 0 Å². The number of aromatic nitrogens is 3. The Labute approximate surface area is 196 Å². The summed E-state index contributed by atoms with van der Waals surface area (Å²) in [4.78, 5) is 0. The second-order valence-electron chi connectivity index (χ2n) is 7.43. The minimum atomic E-state index is -3.79. The van der Waals surface area contributed by atoms with E-state index in [0.717, 1.165) is 5.56 Å². The van der Waals surface area contributed by atoms with Crippen molar-refractivity contribution < 1.29 is 22.7 Å². The van der Waals surface area contributed by atoms with E-state index in [0.29, 0.717) is 35.1 Å². The number of nitrogens with zero attached hydrogens (tertiary/aromatic N) is 3. The summed E-state index contributed by atoms with van der Waals surface area (Å²) in [6, 6.07) is 10.4. The van der Waals surface area contributed by atoms with Crippen molar-refractivity contribution in [1.29, 1.82) is 0 Å². The van der Waals surface area contributed by atoms with Gasteiger partial charge >= 0.3 is 0 Å². The van der Waals surface area contributed by atoms with Gasteiger partial charge in [-0.15, -0.1) is 10.2 Å². The number of methoxy groups -OCH3 is 1. The first kappa shape index (κ1) is 23.1. The number of aliphatic hydroxyl groups is 1. The zero-order valence-electron chi connectivity index (χ0n) is 17.8. The highest BCUT2D eigenvalue weighted by Gasteiger charge is 2.30. The van der Waals surface area contributed by atoms with Crippen LogP contribution in [0.3, 0.4) is 0 Å². The van der Waals surface area contributed by atoms with Gasteiger partial charge in [0.15, 0.2) is 5.76 Å². The van der Waals surface area contributed by atoms with E-state index in [-0.39, 0.29) is 30.1 Å². The molecule has 0 saturated heterocycles. The highest BCUT2D eigenvalue weighted by Crippen LogP contribution is 2.35. The summed E-state index contributed by atoms with van der Waals surface area (Å²) >= 11 is 5.90. The van der Waals surface area contributed by atoms with E-state index in [1.165, 1.54) is 17.9 Å². The monoisotopic (exact) mass is 490 g/mol. The number of nitrogens with one attached hydrogen (secondary N) is 1. The molecule has 1 aliphatic rings.